The van der Waals surface area contributed by atoms with Gasteiger partial charge in [-0.05, 0) is 43.0 Å². The zero-order valence-corrected chi connectivity index (χ0v) is 6.79. The fraction of sp³-hybridized carbons (Fsp3) is 0.0909. The lowest BCUT2D eigenvalue weighted by molar-refractivity contribution is 0.557. The largest absolute Gasteiger partial charge is 0.465 e. The minimum absolute atomic E-state index is 0.800. The van der Waals surface area contributed by atoms with Crippen LogP contribution in [-0.2, 0) is 0 Å². The normalized spacial score (nSPS) is 8.42. The van der Waals surface area contributed by atoms with E-state index in [2.05, 4.69) is 23.7 Å². The molecule has 1 aromatic rings. The molecule has 0 amide bonds. The Hall–Kier alpha value is -1.86. The molecule has 0 aliphatic rings. The Kier molecular flexibility index (Phi) is 3.35. The molecule has 0 unspecified atom stereocenters. The Morgan fingerprint density at radius 2 is 2.33 bits per heavy atom. The minimum Gasteiger partial charge on any atom is -0.465 e. The summed E-state index contributed by atoms with van der Waals surface area (Å²) in [7, 11) is 0. The molecule has 12 heavy (non-hydrogen) atoms. The fourth-order valence-corrected chi connectivity index (χ4v) is 0.650. The second-order valence-electron chi connectivity index (χ2n) is 1.99. The second-order valence-corrected chi connectivity index (χ2v) is 1.99. The van der Waals surface area contributed by atoms with Crippen molar-refractivity contribution in [1.82, 2.24) is 0 Å². The van der Waals surface area contributed by atoms with Gasteiger partial charge >= 0.3 is 0 Å². The summed E-state index contributed by atoms with van der Waals surface area (Å²) in [5.41, 5.74) is 0. The van der Waals surface area contributed by atoms with Crippen LogP contribution in [0.4, 0.5) is 0 Å². The van der Waals surface area contributed by atoms with Gasteiger partial charge in [0.25, 0.3) is 0 Å². The van der Waals surface area contributed by atoms with Crippen LogP contribution in [0.1, 0.15) is 12.7 Å². The van der Waals surface area contributed by atoms with Crippen LogP contribution >= 0.6 is 0 Å². The van der Waals surface area contributed by atoms with E-state index < -0.39 is 0 Å². The molecule has 58 valence electrons. The van der Waals surface area contributed by atoms with E-state index in [9.17, 15) is 0 Å². The van der Waals surface area contributed by atoms with Gasteiger partial charge in [0.05, 0.1) is 6.26 Å². The second kappa shape index (κ2) is 4.88. The standard InChI is InChI=1S/C11H8O/c1-2-3-4-5-6-8-11-9-7-10-12-11/h6-10H,1H3/b8-6+. The summed E-state index contributed by atoms with van der Waals surface area (Å²) in [6.45, 7) is 1.75. The van der Waals surface area contributed by atoms with Crippen LogP contribution in [0.2, 0.25) is 0 Å². The third kappa shape index (κ3) is 2.82. The van der Waals surface area contributed by atoms with Crippen molar-refractivity contribution in [2.45, 2.75) is 6.92 Å². The average molecular weight is 156 g/mol. The van der Waals surface area contributed by atoms with Crippen LogP contribution in [-0.4, -0.2) is 0 Å². The third-order valence-corrected chi connectivity index (χ3v) is 1.13. The molecule has 1 heterocycles. The fourth-order valence-electron chi connectivity index (χ4n) is 0.650. The molecule has 0 spiro atoms. The van der Waals surface area contributed by atoms with Gasteiger partial charge in [0.15, 0.2) is 0 Å². The summed E-state index contributed by atoms with van der Waals surface area (Å²) >= 11 is 0. The van der Waals surface area contributed by atoms with Crippen LogP contribution in [0.3, 0.4) is 0 Å². The summed E-state index contributed by atoms with van der Waals surface area (Å²) in [4.78, 5) is 0. The first-order chi connectivity index (χ1) is 5.93. The van der Waals surface area contributed by atoms with Crippen LogP contribution in [0.5, 0.6) is 0 Å². The van der Waals surface area contributed by atoms with Crippen molar-refractivity contribution >= 4 is 6.08 Å². The van der Waals surface area contributed by atoms with E-state index in [1.165, 1.54) is 0 Å². The summed E-state index contributed by atoms with van der Waals surface area (Å²) in [6, 6.07) is 3.70. The maximum atomic E-state index is 5.05. The zero-order chi connectivity index (χ0) is 8.65. The topological polar surface area (TPSA) is 13.1 Å². The number of allylic oxidation sites excluding steroid dienone is 1. The summed E-state index contributed by atoms with van der Waals surface area (Å²) in [5.74, 6) is 11.5. The molecule has 0 N–H and O–H groups in total. The molecule has 1 heteroatoms. The Morgan fingerprint density at radius 3 is 3.00 bits per heavy atom. The van der Waals surface area contributed by atoms with E-state index in [0.717, 1.165) is 5.76 Å². The van der Waals surface area contributed by atoms with Crippen LogP contribution < -0.4 is 0 Å². The molecule has 0 fully saturated rings. The lowest BCUT2D eigenvalue weighted by Gasteiger charge is -1.76. The van der Waals surface area contributed by atoms with Crippen molar-refractivity contribution in [2.75, 3.05) is 0 Å². The van der Waals surface area contributed by atoms with Gasteiger partial charge in [0.1, 0.15) is 5.76 Å². The van der Waals surface area contributed by atoms with E-state index in [-0.39, 0.29) is 0 Å². The number of rotatable bonds is 1. The van der Waals surface area contributed by atoms with Crippen molar-refractivity contribution in [3.05, 3.63) is 30.2 Å². The smallest absolute Gasteiger partial charge is 0.127 e. The van der Waals surface area contributed by atoms with Crippen molar-refractivity contribution < 1.29 is 4.42 Å². The molecule has 0 bridgehead atoms. The van der Waals surface area contributed by atoms with Gasteiger partial charge in [0.2, 0.25) is 0 Å². The zero-order valence-electron chi connectivity index (χ0n) is 6.79. The minimum atomic E-state index is 0.800. The van der Waals surface area contributed by atoms with Crippen molar-refractivity contribution in [1.29, 1.82) is 0 Å². The number of hydrogen-bond acceptors (Lipinski definition) is 1. The highest BCUT2D eigenvalue weighted by atomic mass is 16.3. The summed E-state index contributed by atoms with van der Waals surface area (Å²) < 4.78 is 5.05. The van der Waals surface area contributed by atoms with Gasteiger partial charge < -0.3 is 4.42 Å². The van der Waals surface area contributed by atoms with E-state index in [0.29, 0.717) is 0 Å². The van der Waals surface area contributed by atoms with Gasteiger partial charge in [0, 0.05) is 0 Å². The molecular weight excluding hydrogens is 148 g/mol. The number of furan rings is 1. The number of hydrogen-bond donors (Lipinski definition) is 0. The Labute approximate surface area is 72.1 Å². The lowest BCUT2D eigenvalue weighted by Crippen LogP contribution is -1.57. The van der Waals surface area contributed by atoms with Crippen LogP contribution in [0.15, 0.2) is 28.9 Å². The highest BCUT2D eigenvalue weighted by molar-refractivity contribution is 5.48. The van der Waals surface area contributed by atoms with E-state index in [1.807, 2.05) is 12.1 Å². The molecule has 1 aromatic heterocycles. The van der Waals surface area contributed by atoms with Gasteiger partial charge in [-0.15, -0.1) is 0 Å². The molecule has 1 nitrogen and oxygen atoms in total. The quantitative estimate of drug-likeness (QED) is 0.569. The first kappa shape index (κ1) is 8.24. The van der Waals surface area contributed by atoms with Crippen molar-refractivity contribution in [3.8, 4) is 23.7 Å². The average Bonchev–Trinajstić information content (AvgIpc) is 2.57. The lowest BCUT2D eigenvalue weighted by atomic mass is 10.4. The Balaban J connectivity index is 2.52. The molecule has 0 saturated carbocycles. The van der Waals surface area contributed by atoms with Gasteiger partial charge in [-0.25, -0.2) is 0 Å². The first-order valence-electron chi connectivity index (χ1n) is 3.56. The molecule has 0 atom stereocenters. The third-order valence-electron chi connectivity index (χ3n) is 1.13. The van der Waals surface area contributed by atoms with Gasteiger partial charge in [-0.3, -0.25) is 0 Å². The van der Waals surface area contributed by atoms with Crippen molar-refractivity contribution in [2.24, 2.45) is 0 Å². The van der Waals surface area contributed by atoms with E-state index in [1.54, 1.807) is 25.3 Å². The SMILES string of the molecule is CC#CC#C/C=C/c1ccco1. The maximum absolute atomic E-state index is 5.05. The Bertz CT molecular complexity index is 361. The van der Waals surface area contributed by atoms with E-state index in [4.69, 9.17) is 4.42 Å². The van der Waals surface area contributed by atoms with Crippen LogP contribution in [0, 0.1) is 23.7 Å². The van der Waals surface area contributed by atoms with Crippen molar-refractivity contribution in [3.63, 3.8) is 0 Å². The maximum Gasteiger partial charge on any atom is 0.127 e. The molecular formula is C11H8O. The molecule has 0 saturated heterocycles. The van der Waals surface area contributed by atoms with Gasteiger partial charge in [-0.2, -0.15) is 0 Å². The Morgan fingerprint density at radius 1 is 1.42 bits per heavy atom. The molecule has 0 aliphatic carbocycles. The van der Waals surface area contributed by atoms with Gasteiger partial charge in [-0.1, -0.05) is 11.8 Å². The molecule has 0 aromatic carbocycles. The predicted octanol–water partition coefficient (Wildman–Crippen LogP) is 2.32. The summed E-state index contributed by atoms with van der Waals surface area (Å²) in [5, 5.41) is 0. The monoisotopic (exact) mass is 156 g/mol. The van der Waals surface area contributed by atoms with Crippen LogP contribution in [0.25, 0.3) is 6.08 Å². The highest BCUT2D eigenvalue weighted by Gasteiger charge is 1.83. The predicted molar refractivity (Wildman–Crippen MR) is 49.0 cm³/mol. The highest BCUT2D eigenvalue weighted by Crippen LogP contribution is 2.00. The summed E-state index contributed by atoms with van der Waals surface area (Å²) in [6.07, 6.45) is 5.13. The molecule has 1 rings (SSSR count). The van der Waals surface area contributed by atoms with E-state index >= 15 is 0 Å². The molecule has 0 radical (unpaired) electrons. The first-order valence-corrected chi connectivity index (χ1v) is 3.56. The molecule has 0 aliphatic heterocycles.